The van der Waals surface area contributed by atoms with Gasteiger partial charge >= 0.3 is 0 Å². The summed E-state index contributed by atoms with van der Waals surface area (Å²) in [5, 5.41) is 7.85. The second-order valence-corrected chi connectivity index (χ2v) is 13.5. The summed E-state index contributed by atoms with van der Waals surface area (Å²) in [4.78, 5) is 2.87. The molecule has 3 heterocycles. The number of allylic oxidation sites excluding steroid dienone is 13. The molecule has 3 aliphatic heterocycles. The van der Waals surface area contributed by atoms with E-state index in [4.69, 9.17) is 5.73 Å². The molecule has 43 heavy (non-hydrogen) atoms. The zero-order valence-electron chi connectivity index (χ0n) is 25.3. The van der Waals surface area contributed by atoms with Gasteiger partial charge in [-0.05, 0) is 91.9 Å². The van der Waals surface area contributed by atoms with E-state index in [0.29, 0.717) is 35.9 Å². The minimum Gasteiger partial charge on any atom is -0.398 e. The van der Waals surface area contributed by atoms with Crippen LogP contribution in [0.1, 0.15) is 51.4 Å². The van der Waals surface area contributed by atoms with Gasteiger partial charge in [-0.25, -0.2) is 0 Å². The van der Waals surface area contributed by atoms with Crippen molar-refractivity contribution < 1.29 is 0 Å². The summed E-state index contributed by atoms with van der Waals surface area (Å²) in [5.74, 6) is 1.61. The van der Waals surface area contributed by atoms with E-state index in [-0.39, 0.29) is 0 Å². The first kappa shape index (κ1) is 27.2. The topological polar surface area (TPSA) is 53.3 Å². The average Bonchev–Trinajstić information content (AvgIpc) is 3.41. The number of likely N-dealkylation sites (tertiary alicyclic amines) is 1. The third-order valence-corrected chi connectivity index (χ3v) is 11.2. The van der Waals surface area contributed by atoms with Crippen molar-refractivity contribution >= 4 is 0 Å². The molecule has 1 saturated heterocycles. The summed E-state index contributed by atoms with van der Waals surface area (Å²) in [7, 11) is 0. The molecule has 4 heteroatoms. The maximum absolute atomic E-state index is 6.65. The Morgan fingerprint density at radius 2 is 1.81 bits per heavy atom. The molecule has 6 unspecified atom stereocenters. The van der Waals surface area contributed by atoms with Crippen molar-refractivity contribution in [2.75, 3.05) is 19.6 Å². The molecule has 0 bridgehead atoms. The van der Waals surface area contributed by atoms with Gasteiger partial charge in [-0.15, -0.1) is 0 Å². The van der Waals surface area contributed by atoms with Crippen molar-refractivity contribution in [1.29, 1.82) is 0 Å². The SMILES string of the molecule is N/C(=C\C1=C(CC2NCC(N3C4C=CC=CC4C4C=CC5=C(CNCC5)C43)=C3C=CCCC32)CCC=C1)C1=CC=CCC1. The third-order valence-electron chi connectivity index (χ3n) is 11.2. The summed E-state index contributed by atoms with van der Waals surface area (Å²) in [6, 6.07) is 1.33. The second-order valence-electron chi connectivity index (χ2n) is 13.5. The summed E-state index contributed by atoms with van der Waals surface area (Å²) >= 11 is 0. The predicted molar refractivity (Wildman–Crippen MR) is 178 cm³/mol. The molecule has 0 aromatic rings. The molecule has 222 valence electrons. The van der Waals surface area contributed by atoms with Crippen LogP contribution in [0.4, 0.5) is 0 Å². The first-order valence-electron chi connectivity index (χ1n) is 16.8. The lowest BCUT2D eigenvalue weighted by atomic mass is 9.75. The molecule has 1 fully saturated rings. The Kier molecular flexibility index (Phi) is 7.36. The third kappa shape index (κ3) is 4.93. The van der Waals surface area contributed by atoms with Crippen LogP contribution in [0.2, 0.25) is 0 Å². The van der Waals surface area contributed by atoms with E-state index in [2.05, 4.69) is 101 Å². The Morgan fingerprint density at radius 1 is 0.907 bits per heavy atom. The van der Waals surface area contributed by atoms with Crippen molar-refractivity contribution in [2.45, 2.75) is 69.5 Å². The average molecular weight is 571 g/mol. The molecule has 6 atom stereocenters. The zero-order valence-corrected chi connectivity index (χ0v) is 25.3. The highest BCUT2D eigenvalue weighted by atomic mass is 15.3. The summed E-state index contributed by atoms with van der Waals surface area (Å²) in [6.07, 6.45) is 42.0. The van der Waals surface area contributed by atoms with E-state index < -0.39 is 0 Å². The number of rotatable bonds is 5. The second kappa shape index (κ2) is 11.6. The van der Waals surface area contributed by atoms with E-state index in [0.717, 1.165) is 63.9 Å². The van der Waals surface area contributed by atoms with E-state index >= 15 is 0 Å². The smallest absolute Gasteiger partial charge is 0.0593 e. The zero-order chi connectivity index (χ0) is 28.8. The van der Waals surface area contributed by atoms with Crippen molar-refractivity contribution in [3.63, 3.8) is 0 Å². The van der Waals surface area contributed by atoms with Gasteiger partial charge in [0.05, 0.1) is 12.1 Å². The molecule has 0 aromatic carbocycles. The minimum atomic E-state index is 0.421. The Labute approximate surface area is 257 Å². The monoisotopic (exact) mass is 570 g/mol. The number of nitrogens with zero attached hydrogens (tertiary/aromatic N) is 1. The van der Waals surface area contributed by atoms with Gasteiger partial charge in [0.25, 0.3) is 0 Å². The lowest BCUT2D eigenvalue weighted by molar-refractivity contribution is 0.243. The highest BCUT2D eigenvalue weighted by Crippen LogP contribution is 2.50. The molecule has 0 aromatic heterocycles. The van der Waals surface area contributed by atoms with Crippen LogP contribution in [0.25, 0.3) is 0 Å². The molecule has 0 saturated carbocycles. The Morgan fingerprint density at radius 3 is 2.74 bits per heavy atom. The Balaban J connectivity index is 1.13. The van der Waals surface area contributed by atoms with Gasteiger partial charge in [0, 0.05) is 48.3 Å². The molecule has 4 nitrogen and oxygen atoms in total. The molecule has 5 aliphatic carbocycles. The number of fused-ring (bicyclic) bond motifs is 5. The molecule has 4 N–H and O–H groups in total. The van der Waals surface area contributed by atoms with E-state index in [9.17, 15) is 0 Å². The van der Waals surface area contributed by atoms with E-state index in [1.807, 2.05) is 0 Å². The van der Waals surface area contributed by atoms with E-state index in [1.54, 1.807) is 28.0 Å². The number of hydrogen-bond donors (Lipinski definition) is 3. The quantitative estimate of drug-likeness (QED) is 0.348. The van der Waals surface area contributed by atoms with Gasteiger partial charge < -0.3 is 21.3 Å². The van der Waals surface area contributed by atoms with Crippen molar-refractivity contribution in [3.05, 3.63) is 130 Å². The first-order valence-corrected chi connectivity index (χ1v) is 16.8. The van der Waals surface area contributed by atoms with Gasteiger partial charge in [-0.2, -0.15) is 0 Å². The van der Waals surface area contributed by atoms with Gasteiger partial charge in [-0.3, -0.25) is 0 Å². The van der Waals surface area contributed by atoms with Crippen LogP contribution in [0, 0.1) is 17.8 Å². The summed E-state index contributed by atoms with van der Waals surface area (Å²) in [5.41, 5.74) is 18.1. The Bertz CT molecular complexity index is 1500. The van der Waals surface area contributed by atoms with E-state index in [1.165, 1.54) is 24.0 Å². The van der Waals surface area contributed by atoms with Crippen LogP contribution in [0.15, 0.2) is 130 Å². The van der Waals surface area contributed by atoms with Crippen molar-refractivity contribution in [1.82, 2.24) is 15.5 Å². The Hall–Kier alpha value is -3.34. The van der Waals surface area contributed by atoms with Gasteiger partial charge in [0.1, 0.15) is 0 Å². The molecular weight excluding hydrogens is 524 g/mol. The fraction of sp³-hybridized carbons (Fsp3) is 0.436. The van der Waals surface area contributed by atoms with Crippen molar-refractivity contribution in [3.8, 4) is 0 Å². The van der Waals surface area contributed by atoms with Gasteiger partial charge in [-0.1, -0.05) is 84.6 Å². The molecule has 0 radical (unpaired) electrons. The molecule has 8 rings (SSSR count). The maximum Gasteiger partial charge on any atom is 0.0593 e. The molecule has 0 spiro atoms. The highest BCUT2D eigenvalue weighted by molar-refractivity contribution is 5.48. The highest BCUT2D eigenvalue weighted by Gasteiger charge is 2.51. The fourth-order valence-corrected chi connectivity index (χ4v) is 9.13. The number of nitrogens with one attached hydrogen (secondary N) is 2. The predicted octanol–water partition coefficient (Wildman–Crippen LogP) is 6.61. The normalized spacial score (nSPS) is 34.8. The number of hydrogen-bond acceptors (Lipinski definition) is 4. The summed E-state index contributed by atoms with van der Waals surface area (Å²) < 4.78 is 0. The number of nitrogens with two attached hydrogens (primary N) is 1. The molecule has 0 amide bonds. The van der Waals surface area contributed by atoms with Crippen LogP contribution in [-0.4, -0.2) is 42.7 Å². The minimum absolute atomic E-state index is 0.421. The van der Waals surface area contributed by atoms with Crippen LogP contribution in [0.3, 0.4) is 0 Å². The fourth-order valence-electron chi connectivity index (χ4n) is 9.13. The first-order chi connectivity index (χ1) is 21.3. The van der Waals surface area contributed by atoms with Gasteiger partial charge in [0.15, 0.2) is 0 Å². The standard InChI is InChI=1S/C39H46N4/c40-35(27-10-2-1-3-11-27)22-28-12-4-5-13-29(28)23-36-30-14-6-7-15-31(30)38(25-42-36)43-37-17-9-8-16-32(37)33-19-18-26-20-21-41-24-34(26)39(33)43/h1-2,4,7-10,12,15-19,22,30,32-33,36-37,39,41-42H,3,5-6,11,13-14,20-21,23-25,40H2/b35-22-. The largest absolute Gasteiger partial charge is 0.398 e. The van der Waals surface area contributed by atoms with Crippen LogP contribution in [0.5, 0.6) is 0 Å². The van der Waals surface area contributed by atoms with Crippen LogP contribution < -0.4 is 16.4 Å². The van der Waals surface area contributed by atoms with Crippen molar-refractivity contribution in [2.24, 2.45) is 23.5 Å². The lowest BCUT2D eigenvalue weighted by Gasteiger charge is -2.45. The summed E-state index contributed by atoms with van der Waals surface area (Å²) in [6.45, 7) is 3.06. The van der Waals surface area contributed by atoms with Crippen LogP contribution in [-0.2, 0) is 0 Å². The molecule has 8 aliphatic rings. The lowest BCUT2D eigenvalue weighted by Crippen LogP contribution is -2.51. The van der Waals surface area contributed by atoms with Crippen LogP contribution >= 0.6 is 0 Å². The molecular formula is C39H46N4. The van der Waals surface area contributed by atoms with Gasteiger partial charge in [0.2, 0.25) is 0 Å². The maximum atomic E-state index is 6.65.